The van der Waals surface area contributed by atoms with E-state index in [1.807, 2.05) is 43.3 Å². The molecule has 0 aliphatic carbocycles. The molecule has 0 spiro atoms. The number of para-hydroxylation sites is 1. The number of esters is 1. The van der Waals surface area contributed by atoms with Crippen molar-refractivity contribution in [3.8, 4) is 11.3 Å². The molecule has 3 aromatic carbocycles. The molecular formula is C25H18ClNO3. The van der Waals surface area contributed by atoms with Crippen molar-refractivity contribution < 1.29 is 14.3 Å². The summed E-state index contributed by atoms with van der Waals surface area (Å²) in [6, 6.07) is 23.6. The molecule has 0 fully saturated rings. The summed E-state index contributed by atoms with van der Waals surface area (Å²) in [5, 5.41) is 1.04. The number of fused-ring (bicyclic) bond motifs is 1. The Labute approximate surface area is 179 Å². The average molecular weight is 416 g/mol. The number of nitrogens with zero attached hydrogens (tertiary/aromatic N) is 1. The van der Waals surface area contributed by atoms with Crippen LogP contribution in [0.5, 0.6) is 0 Å². The van der Waals surface area contributed by atoms with Crippen LogP contribution < -0.4 is 0 Å². The number of carbonyl (C=O) groups excluding carboxylic acids is 2. The molecule has 4 rings (SSSR count). The number of pyridine rings is 1. The highest BCUT2D eigenvalue weighted by atomic mass is 35.5. The van der Waals surface area contributed by atoms with Crippen LogP contribution in [-0.4, -0.2) is 23.3 Å². The number of halogens is 1. The molecule has 1 heterocycles. The summed E-state index contributed by atoms with van der Waals surface area (Å²) >= 11 is 6.38. The Kier molecular flexibility index (Phi) is 5.59. The van der Waals surface area contributed by atoms with Crippen molar-refractivity contribution >= 4 is 34.3 Å². The number of rotatable bonds is 5. The fraction of sp³-hybridized carbons (Fsp3) is 0.0800. The fourth-order valence-corrected chi connectivity index (χ4v) is 3.61. The van der Waals surface area contributed by atoms with E-state index in [1.165, 1.54) is 0 Å². The summed E-state index contributed by atoms with van der Waals surface area (Å²) in [5.74, 6) is -0.843. The fourth-order valence-electron chi connectivity index (χ4n) is 3.40. The third-order valence-corrected chi connectivity index (χ3v) is 5.20. The maximum atomic E-state index is 13.1. The van der Waals surface area contributed by atoms with Crippen LogP contribution in [0.2, 0.25) is 5.02 Å². The molecule has 0 amide bonds. The largest absolute Gasteiger partial charge is 0.454 e. The normalized spacial score (nSPS) is 10.7. The van der Waals surface area contributed by atoms with Crippen LogP contribution >= 0.6 is 11.6 Å². The number of Topliss-reactive ketones (excluding diaryl/α,β-unsaturated/α-hetero) is 1. The first kappa shape index (κ1) is 19.8. The molecule has 0 unspecified atom stereocenters. The Morgan fingerprint density at radius 2 is 1.57 bits per heavy atom. The van der Waals surface area contributed by atoms with Gasteiger partial charge in [0.2, 0.25) is 0 Å². The molecule has 0 bridgehead atoms. The second kappa shape index (κ2) is 8.47. The topological polar surface area (TPSA) is 56.3 Å². The van der Waals surface area contributed by atoms with Gasteiger partial charge in [-0.05, 0) is 18.6 Å². The van der Waals surface area contributed by atoms with Crippen molar-refractivity contribution in [2.45, 2.75) is 6.92 Å². The lowest BCUT2D eigenvalue weighted by Gasteiger charge is -2.15. The van der Waals surface area contributed by atoms with Crippen LogP contribution in [0.4, 0.5) is 0 Å². The van der Waals surface area contributed by atoms with Crippen LogP contribution in [-0.2, 0) is 4.74 Å². The van der Waals surface area contributed by atoms with Crippen molar-refractivity contribution in [2.24, 2.45) is 0 Å². The zero-order valence-corrected chi connectivity index (χ0v) is 17.0. The van der Waals surface area contributed by atoms with Crippen molar-refractivity contribution in [3.05, 3.63) is 101 Å². The number of ketones is 1. The maximum absolute atomic E-state index is 13.1. The van der Waals surface area contributed by atoms with E-state index in [1.54, 1.807) is 42.5 Å². The first-order chi connectivity index (χ1) is 14.6. The number of aromatic nitrogens is 1. The lowest BCUT2D eigenvalue weighted by molar-refractivity contribution is 0.0476. The zero-order chi connectivity index (χ0) is 21.1. The van der Waals surface area contributed by atoms with Crippen LogP contribution in [0.25, 0.3) is 22.2 Å². The Balaban J connectivity index is 1.75. The molecule has 0 aliphatic rings. The zero-order valence-electron chi connectivity index (χ0n) is 16.3. The molecule has 0 saturated carbocycles. The molecule has 148 valence electrons. The maximum Gasteiger partial charge on any atom is 0.339 e. The minimum absolute atomic E-state index is 0.263. The van der Waals surface area contributed by atoms with E-state index >= 15 is 0 Å². The molecule has 0 atom stereocenters. The van der Waals surface area contributed by atoms with E-state index in [0.717, 1.165) is 5.56 Å². The van der Waals surface area contributed by atoms with Crippen molar-refractivity contribution in [1.82, 2.24) is 4.98 Å². The molecule has 30 heavy (non-hydrogen) atoms. The Bertz CT molecular complexity index is 1240. The number of carbonyl (C=O) groups is 2. The predicted octanol–water partition coefficient (Wildman–Crippen LogP) is 5.90. The van der Waals surface area contributed by atoms with Crippen molar-refractivity contribution in [3.63, 3.8) is 0 Å². The Morgan fingerprint density at radius 1 is 0.900 bits per heavy atom. The highest BCUT2D eigenvalue weighted by molar-refractivity contribution is 6.35. The third kappa shape index (κ3) is 3.82. The smallest absolute Gasteiger partial charge is 0.339 e. The van der Waals surface area contributed by atoms with Gasteiger partial charge in [0.25, 0.3) is 0 Å². The number of ether oxygens (including phenoxy) is 1. The lowest BCUT2D eigenvalue weighted by atomic mass is 9.98. The minimum atomic E-state index is -0.580. The second-order valence-electron chi connectivity index (χ2n) is 6.83. The van der Waals surface area contributed by atoms with E-state index in [2.05, 4.69) is 0 Å². The lowest BCUT2D eigenvalue weighted by Crippen LogP contribution is -2.16. The molecule has 0 N–H and O–H groups in total. The van der Waals surface area contributed by atoms with Gasteiger partial charge in [0.05, 0.1) is 21.8 Å². The predicted molar refractivity (Wildman–Crippen MR) is 118 cm³/mol. The molecule has 1 aromatic heterocycles. The van der Waals surface area contributed by atoms with Gasteiger partial charge < -0.3 is 4.74 Å². The van der Waals surface area contributed by atoms with E-state index in [9.17, 15) is 9.59 Å². The Morgan fingerprint density at radius 3 is 2.27 bits per heavy atom. The monoisotopic (exact) mass is 415 g/mol. The van der Waals surface area contributed by atoms with E-state index in [0.29, 0.717) is 38.3 Å². The van der Waals surface area contributed by atoms with E-state index in [-0.39, 0.29) is 12.4 Å². The second-order valence-corrected chi connectivity index (χ2v) is 7.23. The van der Waals surface area contributed by atoms with E-state index in [4.69, 9.17) is 21.3 Å². The molecule has 5 heteroatoms. The SMILES string of the molecule is Cc1c(-c2ccccc2)nc2c(Cl)cccc2c1C(=O)OCC(=O)c1ccccc1. The van der Waals surface area contributed by atoms with Gasteiger partial charge in [0, 0.05) is 16.5 Å². The van der Waals surface area contributed by atoms with Gasteiger partial charge in [-0.1, -0.05) is 84.4 Å². The van der Waals surface area contributed by atoms with Gasteiger partial charge >= 0.3 is 5.97 Å². The quantitative estimate of drug-likeness (QED) is 0.300. The van der Waals surface area contributed by atoms with Gasteiger partial charge in [-0.3, -0.25) is 4.79 Å². The Hall–Kier alpha value is -3.50. The van der Waals surface area contributed by atoms with Gasteiger partial charge in [-0.15, -0.1) is 0 Å². The van der Waals surface area contributed by atoms with Gasteiger partial charge in [0.1, 0.15) is 0 Å². The van der Waals surface area contributed by atoms with Crippen LogP contribution in [0.1, 0.15) is 26.3 Å². The van der Waals surface area contributed by atoms with Crippen molar-refractivity contribution in [2.75, 3.05) is 6.61 Å². The highest BCUT2D eigenvalue weighted by Crippen LogP contribution is 2.33. The molecule has 0 saturated heterocycles. The number of hydrogen-bond acceptors (Lipinski definition) is 4. The molecule has 4 aromatic rings. The summed E-state index contributed by atoms with van der Waals surface area (Å²) in [7, 11) is 0. The third-order valence-electron chi connectivity index (χ3n) is 4.89. The van der Waals surface area contributed by atoms with Gasteiger partial charge in [-0.2, -0.15) is 0 Å². The minimum Gasteiger partial charge on any atom is -0.454 e. The van der Waals surface area contributed by atoms with Crippen LogP contribution in [0.3, 0.4) is 0 Å². The molecular weight excluding hydrogens is 398 g/mol. The molecule has 4 nitrogen and oxygen atoms in total. The molecule has 0 radical (unpaired) electrons. The summed E-state index contributed by atoms with van der Waals surface area (Å²) in [4.78, 5) is 30.1. The number of benzene rings is 3. The molecule has 0 aliphatic heterocycles. The summed E-state index contributed by atoms with van der Waals surface area (Å²) in [5.41, 5.74) is 3.57. The summed E-state index contributed by atoms with van der Waals surface area (Å²) in [6.07, 6.45) is 0. The van der Waals surface area contributed by atoms with Crippen LogP contribution in [0.15, 0.2) is 78.9 Å². The first-order valence-electron chi connectivity index (χ1n) is 9.46. The van der Waals surface area contributed by atoms with Gasteiger partial charge in [-0.25, -0.2) is 9.78 Å². The number of hydrogen-bond donors (Lipinski definition) is 0. The average Bonchev–Trinajstić information content (AvgIpc) is 2.78. The highest BCUT2D eigenvalue weighted by Gasteiger charge is 2.22. The van der Waals surface area contributed by atoms with Gasteiger partial charge in [0.15, 0.2) is 12.4 Å². The summed E-state index contributed by atoms with van der Waals surface area (Å²) in [6.45, 7) is 1.48. The standard InChI is InChI=1S/C25H18ClNO3/c1-16-22(25(29)30-15-21(28)17-9-4-2-5-10-17)19-13-8-14-20(26)24(19)27-23(16)18-11-6-3-7-12-18/h2-14H,15H2,1H3. The summed E-state index contributed by atoms with van der Waals surface area (Å²) < 4.78 is 5.40. The van der Waals surface area contributed by atoms with Crippen molar-refractivity contribution in [1.29, 1.82) is 0 Å². The van der Waals surface area contributed by atoms with Crippen LogP contribution in [0, 0.1) is 6.92 Å². The van der Waals surface area contributed by atoms with E-state index < -0.39 is 5.97 Å². The first-order valence-corrected chi connectivity index (χ1v) is 9.83.